The topological polar surface area (TPSA) is 100 Å². The number of halogens is 1. The van der Waals surface area contributed by atoms with Crippen LogP contribution < -0.4 is 20.3 Å². The van der Waals surface area contributed by atoms with Gasteiger partial charge in [-0.05, 0) is 45.2 Å². The smallest absolute Gasteiger partial charge is 0.316 e. The van der Waals surface area contributed by atoms with Crippen LogP contribution in [0.3, 0.4) is 0 Å². The molecule has 0 bridgehead atoms. The second-order valence-electron chi connectivity index (χ2n) is 11.0. The van der Waals surface area contributed by atoms with Crippen LogP contribution >= 0.6 is 0 Å². The molecule has 0 spiro atoms. The maximum Gasteiger partial charge on any atom is 0.316 e. The molecule has 4 aromatic rings. The third-order valence-electron chi connectivity index (χ3n) is 7.37. The van der Waals surface area contributed by atoms with Gasteiger partial charge in [0.25, 0.3) is 5.91 Å². The Morgan fingerprint density at radius 2 is 1.90 bits per heavy atom. The normalized spacial score (nSPS) is 20.4. The van der Waals surface area contributed by atoms with Gasteiger partial charge in [-0.2, -0.15) is 10.1 Å². The number of likely N-dealkylation sites (tertiary alicyclic amines) is 1. The quantitative estimate of drug-likeness (QED) is 0.391. The van der Waals surface area contributed by atoms with Crippen LogP contribution in [0.25, 0.3) is 21.8 Å². The largest absolute Gasteiger partial charge is 0.463 e. The van der Waals surface area contributed by atoms with E-state index in [9.17, 15) is 9.18 Å². The Hall–Kier alpha value is -3.83. The molecule has 2 aliphatic heterocycles. The maximum atomic E-state index is 14.7. The van der Waals surface area contributed by atoms with Crippen molar-refractivity contribution in [2.45, 2.75) is 25.9 Å². The van der Waals surface area contributed by atoms with Crippen molar-refractivity contribution in [3.63, 3.8) is 0 Å². The molecule has 0 saturated carbocycles. The molecule has 10 nitrogen and oxygen atoms in total. The van der Waals surface area contributed by atoms with E-state index in [-0.39, 0.29) is 17.4 Å². The lowest BCUT2D eigenvalue weighted by Gasteiger charge is -2.38. The third-order valence-corrected chi connectivity index (χ3v) is 7.37. The number of rotatable bonds is 6. The van der Waals surface area contributed by atoms with E-state index in [1.165, 1.54) is 6.07 Å². The first-order valence-corrected chi connectivity index (χ1v) is 13.3. The van der Waals surface area contributed by atoms with Gasteiger partial charge in [0.2, 0.25) is 0 Å². The van der Waals surface area contributed by atoms with Gasteiger partial charge < -0.3 is 25.2 Å². The number of ether oxygens (including phenoxy) is 1. The number of aryl methyl sites for hydroxylation is 1. The van der Waals surface area contributed by atoms with Crippen LogP contribution in [-0.4, -0.2) is 82.5 Å². The van der Waals surface area contributed by atoms with Gasteiger partial charge in [0.05, 0.1) is 17.7 Å². The Kier molecular flexibility index (Phi) is 6.56. The average Bonchev–Trinajstić information content (AvgIpc) is 3.25. The van der Waals surface area contributed by atoms with Crippen LogP contribution in [0.2, 0.25) is 0 Å². The van der Waals surface area contributed by atoms with Crippen molar-refractivity contribution in [2.75, 3.05) is 50.1 Å². The third kappa shape index (κ3) is 5.11. The summed E-state index contributed by atoms with van der Waals surface area (Å²) in [6, 6.07) is 7.59. The Morgan fingerprint density at radius 3 is 2.64 bits per heavy atom. The van der Waals surface area contributed by atoms with Crippen molar-refractivity contribution in [2.24, 2.45) is 13.0 Å². The summed E-state index contributed by atoms with van der Waals surface area (Å²) < 4.78 is 22.2. The van der Waals surface area contributed by atoms with E-state index >= 15 is 0 Å². The maximum absolute atomic E-state index is 14.7. The predicted molar refractivity (Wildman–Crippen MR) is 149 cm³/mol. The number of hydrogen-bond donors (Lipinski definition) is 2. The van der Waals surface area contributed by atoms with Gasteiger partial charge in [0.1, 0.15) is 5.52 Å². The number of carbonyl (C=O) groups excluding carboxylic acids is 1. The lowest BCUT2D eigenvalue weighted by molar-refractivity contribution is 0.0819. The SMILES string of the molecule is CC1CN(c2ccc(C(=O)Nc3cc(F)c4nn(C)cc4c3)c3nc(OCC4CN(C)C4)ncc23)CC(C)N1. The zero-order valence-corrected chi connectivity index (χ0v) is 22.6. The Morgan fingerprint density at radius 1 is 1.13 bits per heavy atom. The monoisotopic (exact) mass is 532 g/mol. The molecule has 2 unspecified atom stereocenters. The molecular weight excluding hydrogens is 499 g/mol. The first kappa shape index (κ1) is 25.4. The minimum absolute atomic E-state index is 0.244. The molecule has 0 radical (unpaired) electrons. The van der Waals surface area contributed by atoms with Gasteiger partial charge in [-0.1, -0.05) is 0 Å². The Bertz CT molecular complexity index is 1540. The first-order valence-electron chi connectivity index (χ1n) is 13.3. The molecule has 11 heteroatoms. The molecule has 4 heterocycles. The molecule has 0 aliphatic carbocycles. The Labute approximate surface area is 226 Å². The average molecular weight is 533 g/mol. The van der Waals surface area contributed by atoms with Gasteiger partial charge >= 0.3 is 6.01 Å². The lowest BCUT2D eigenvalue weighted by Crippen LogP contribution is -2.54. The Balaban J connectivity index is 1.35. The molecule has 39 heavy (non-hydrogen) atoms. The number of benzene rings is 2. The van der Waals surface area contributed by atoms with Crippen LogP contribution in [0.1, 0.15) is 24.2 Å². The molecule has 204 valence electrons. The highest BCUT2D eigenvalue weighted by Crippen LogP contribution is 2.31. The highest BCUT2D eigenvalue weighted by molar-refractivity contribution is 6.14. The fourth-order valence-electron chi connectivity index (χ4n) is 5.75. The van der Waals surface area contributed by atoms with Crippen LogP contribution in [0, 0.1) is 11.7 Å². The highest BCUT2D eigenvalue weighted by atomic mass is 19.1. The molecule has 2 N–H and O–H groups in total. The van der Waals surface area contributed by atoms with Crippen molar-refractivity contribution in [3.8, 4) is 6.01 Å². The molecule has 6 rings (SSSR count). The highest BCUT2D eigenvalue weighted by Gasteiger charge is 2.26. The number of nitrogens with one attached hydrogen (secondary N) is 2. The van der Waals surface area contributed by atoms with E-state index in [0.29, 0.717) is 46.8 Å². The summed E-state index contributed by atoms with van der Waals surface area (Å²) in [5.41, 5.74) is 2.45. The summed E-state index contributed by atoms with van der Waals surface area (Å²) in [6.07, 6.45) is 3.46. The van der Waals surface area contributed by atoms with Crippen molar-refractivity contribution in [3.05, 3.63) is 48.0 Å². The van der Waals surface area contributed by atoms with E-state index in [1.54, 1.807) is 36.3 Å². The van der Waals surface area contributed by atoms with Crippen molar-refractivity contribution >= 4 is 39.1 Å². The number of carbonyl (C=O) groups is 1. The minimum Gasteiger partial charge on any atom is -0.463 e. The second kappa shape index (κ2) is 10.0. The summed E-state index contributed by atoms with van der Waals surface area (Å²) >= 11 is 0. The van der Waals surface area contributed by atoms with E-state index in [1.807, 2.05) is 6.07 Å². The van der Waals surface area contributed by atoms with Gasteiger partial charge in [-0.3, -0.25) is 9.48 Å². The number of amides is 1. The second-order valence-corrected chi connectivity index (χ2v) is 11.0. The van der Waals surface area contributed by atoms with Crippen LogP contribution in [-0.2, 0) is 7.05 Å². The zero-order valence-electron chi connectivity index (χ0n) is 22.6. The first-order chi connectivity index (χ1) is 18.7. The molecule has 2 aromatic heterocycles. The molecule has 2 atom stereocenters. The van der Waals surface area contributed by atoms with Gasteiger partial charge in [0, 0.05) is 85.8 Å². The van der Waals surface area contributed by atoms with E-state index in [0.717, 1.165) is 37.3 Å². The summed E-state index contributed by atoms with van der Waals surface area (Å²) in [5.74, 6) is -0.448. The molecule has 1 amide bonds. The molecule has 2 saturated heterocycles. The van der Waals surface area contributed by atoms with Crippen molar-refractivity contribution in [1.82, 2.24) is 30.0 Å². The summed E-state index contributed by atoms with van der Waals surface area (Å²) in [7, 11) is 3.80. The van der Waals surface area contributed by atoms with Crippen molar-refractivity contribution < 1.29 is 13.9 Å². The molecule has 2 aliphatic rings. The summed E-state index contributed by atoms with van der Waals surface area (Å²) in [6.45, 7) is 8.43. The number of nitrogens with zero attached hydrogens (tertiary/aromatic N) is 6. The lowest BCUT2D eigenvalue weighted by atomic mass is 10.0. The van der Waals surface area contributed by atoms with E-state index < -0.39 is 5.82 Å². The van der Waals surface area contributed by atoms with Gasteiger partial charge in [-0.25, -0.2) is 9.37 Å². The molecule has 2 aromatic carbocycles. The van der Waals surface area contributed by atoms with E-state index in [2.05, 4.69) is 51.4 Å². The van der Waals surface area contributed by atoms with Crippen LogP contribution in [0.4, 0.5) is 15.8 Å². The molecular formula is C28H33FN8O2. The minimum atomic E-state index is -0.495. The van der Waals surface area contributed by atoms with E-state index in [4.69, 9.17) is 9.72 Å². The van der Waals surface area contributed by atoms with Gasteiger partial charge in [0.15, 0.2) is 5.82 Å². The number of anilines is 2. The standard InChI is InChI=1S/C28H33FN8O2/c1-16-10-37(11-17(2)31-16)24-6-5-21(26-22(24)9-30-28(33-26)39-15-18-12-35(3)13-18)27(38)32-20-7-19-14-36(4)34-25(19)23(29)8-20/h5-9,14,16-18,31H,10-13,15H2,1-4H3,(H,32,38). The van der Waals surface area contributed by atoms with Crippen LogP contribution in [0.15, 0.2) is 36.7 Å². The zero-order chi connectivity index (χ0) is 27.3. The fourth-order valence-corrected chi connectivity index (χ4v) is 5.75. The summed E-state index contributed by atoms with van der Waals surface area (Å²) in [4.78, 5) is 27.3. The number of hydrogen-bond acceptors (Lipinski definition) is 8. The number of fused-ring (bicyclic) bond motifs is 2. The number of piperazine rings is 1. The molecule has 2 fully saturated rings. The fraction of sp³-hybridized carbons (Fsp3) is 0.429. The predicted octanol–water partition coefficient (Wildman–Crippen LogP) is 3.03. The van der Waals surface area contributed by atoms with Gasteiger partial charge in [-0.15, -0.1) is 0 Å². The number of aromatic nitrogens is 4. The van der Waals surface area contributed by atoms with Crippen molar-refractivity contribution in [1.29, 1.82) is 0 Å². The van der Waals surface area contributed by atoms with Crippen LogP contribution in [0.5, 0.6) is 6.01 Å². The summed E-state index contributed by atoms with van der Waals surface area (Å²) in [5, 5.41) is 11.9.